The van der Waals surface area contributed by atoms with Crippen LogP contribution in [0.2, 0.25) is 0 Å². The number of hydrogen-bond acceptors (Lipinski definition) is 9. The van der Waals surface area contributed by atoms with Crippen molar-refractivity contribution >= 4 is 40.8 Å². The van der Waals surface area contributed by atoms with Gasteiger partial charge in [-0.1, -0.05) is 37.3 Å². The Morgan fingerprint density at radius 2 is 1.94 bits per heavy atom. The van der Waals surface area contributed by atoms with E-state index in [2.05, 4.69) is 10.6 Å². The molecule has 2 unspecified atom stereocenters. The standard InChI is InChI=1S/C35H31N5O7/c1-4-35(45)14-28(41)47-17-24-25(35)13-27-31-23(16-40(27)32(24)42)22(21-7-5-6-8-26(21)38-31)15-36-20-11-9-19(10-12-20)30-29(33(43)46-3)18(2)37-34(44)39-30/h5-13,15,30,45H,4,14,16-17H2,1-3H3,(H2,37,39,44). The zero-order valence-corrected chi connectivity index (χ0v) is 25.9. The first-order chi connectivity index (χ1) is 22.6. The van der Waals surface area contributed by atoms with Crippen LogP contribution in [0.25, 0.3) is 22.3 Å². The first-order valence-corrected chi connectivity index (χ1v) is 15.2. The van der Waals surface area contributed by atoms with Gasteiger partial charge in [0.25, 0.3) is 5.56 Å². The Labute approximate surface area is 268 Å². The summed E-state index contributed by atoms with van der Waals surface area (Å²) < 4.78 is 11.9. The van der Waals surface area contributed by atoms with Crippen molar-refractivity contribution in [2.75, 3.05) is 7.11 Å². The van der Waals surface area contributed by atoms with Crippen LogP contribution in [0, 0.1) is 0 Å². The molecule has 3 N–H and O–H groups in total. The van der Waals surface area contributed by atoms with E-state index in [1.165, 1.54) is 7.11 Å². The zero-order chi connectivity index (χ0) is 33.0. The molecular formula is C35H31N5O7. The zero-order valence-electron chi connectivity index (χ0n) is 25.9. The van der Waals surface area contributed by atoms with E-state index in [1.54, 1.807) is 55.0 Å². The number of allylic oxidation sites excluding steroid dienone is 1. The third kappa shape index (κ3) is 4.97. The Morgan fingerprint density at radius 3 is 2.68 bits per heavy atom. The predicted molar refractivity (Wildman–Crippen MR) is 172 cm³/mol. The molecule has 0 saturated heterocycles. The molecule has 5 heterocycles. The molecule has 12 heteroatoms. The topological polar surface area (TPSA) is 161 Å². The Balaban J connectivity index is 1.29. The van der Waals surface area contributed by atoms with E-state index in [9.17, 15) is 24.3 Å². The minimum Gasteiger partial charge on any atom is -0.466 e. The number of benzene rings is 2. The van der Waals surface area contributed by atoms with Gasteiger partial charge in [0.15, 0.2) is 0 Å². The van der Waals surface area contributed by atoms with E-state index in [0.29, 0.717) is 45.0 Å². The average molecular weight is 634 g/mol. The fraction of sp³-hybridized carbons (Fsp3) is 0.257. The second-order valence-electron chi connectivity index (χ2n) is 11.8. The number of cyclic esters (lactones) is 1. The molecule has 0 spiro atoms. The van der Waals surface area contributed by atoms with Gasteiger partial charge >= 0.3 is 18.0 Å². The third-order valence-corrected chi connectivity index (χ3v) is 9.14. The molecule has 0 fully saturated rings. The van der Waals surface area contributed by atoms with Gasteiger partial charge in [0, 0.05) is 28.4 Å². The molecule has 0 radical (unpaired) electrons. The van der Waals surface area contributed by atoms with Crippen molar-refractivity contribution in [2.45, 2.75) is 51.5 Å². The maximum absolute atomic E-state index is 13.8. The van der Waals surface area contributed by atoms with Gasteiger partial charge in [0.05, 0.1) is 59.8 Å². The lowest BCUT2D eigenvalue weighted by atomic mass is 9.85. The lowest BCUT2D eigenvalue weighted by Crippen LogP contribution is -2.45. The van der Waals surface area contributed by atoms with Crippen LogP contribution in [0.1, 0.15) is 60.5 Å². The van der Waals surface area contributed by atoms with Gasteiger partial charge < -0.3 is 29.8 Å². The van der Waals surface area contributed by atoms with Crippen LogP contribution in [0.15, 0.2) is 75.7 Å². The number of fused-ring (bicyclic) bond motifs is 5. The molecule has 3 aliphatic heterocycles. The Kier molecular flexibility index (Phi) is 7.24. The molecule has 2 atom stereocenters. The smallest absolute Gasteiger partial charge is 0.337 e. The lowest BCUT2D eigenvalue weighted by molar-refractivity contribution is -0.149. The molecule has 2 amide bonds. The van der Waals surface area contributed by atoms with E-state index >= 15 is 0 Å². The molecule has 238 valence electrons. The average Bonchev–Trinajstić information content (AvgIpc) is 3.37. The number of methoxy groups -OCH3 is 1. The van der Waals surface area contributed by atoms with Crippen molar-refractivity contribution in [3.05, 3.63) is 104 Å². The minimum absolute atomic E-state index is 0.205. The number of esters is 2. The van der Waals surface area contributed by atoms with Gasteiger partial charge in [-0.25, -0.2) is 14.6 Å². The molecule has 0 saturated carbocycles. The molecule has 2 aromatic carbocycles. The number of amides is 2. The lowest BCUT2D eigenvalue weighted by Gasteiger charge is -2.27. The second-order valence-corrected chi connectivity index (χ2v) is 11.8. The van der Waals surface area contributed by atoms with Crippen LogP contribution in [-0.2, 0) is 37.8 Å². The summed E-state index contributed by atoms with van der Waals surface area (Å²) in [6.45, 7) is 3.44. The summed E-state index contributed by atoms with van der Waals surface area (Å²) >= 11 is 0. The van der Waals surface area contributed by atoms with Crippen LogP contribution < -0.4 is 16.2 Å². The number of pyridine rings is 2. The number of aliphatic imine (C=N–C) groups is 1. The van der Waals surface area contributed by atoms with Crippen LogP contribution in [-0.4, -0.2) is 46.0 Å². The quantitative estimate of drug-likeness (QED) is 0.193. The number of nitrogens with one attached hydrogen (secondary N) is 2. The number of nitrogens with zero attached hydrogens (tertiary/aromatic N) is 3. The summed E-state index contributed by atoms with van der Waals surface area (Å²) in [6, 6.07) is 15.5. The fourth-order valence-electron chi connectivity index (χ4n) is 6.62. The van der Waals surface area contributed by atoms with E-state index in [0.717, 1.165) is 16.5 Å². The number of aromatic nitrogens is 2. The first kappa shape index (κ1) is 30.1. The maximum Gasteiger partial charge on any atom is 0.337 e. The Morgan fingerprint density at radius 1 is 1.17 bits per heavy atom. The molecule has 4 aromatic rings. The van der Waals surface area contributed by atoms with E-state index in [4.69, 9.17) is 19.5 Å². The number of ether oxygens (including phenoxy) is 2. The van der Waals surface area contributed by atoms with Gasteiger partial charge in [-0.3, -0.25) is 14.6 Å². The minimum atomic E-state index is -1.53. The third-order valence-electron chi connectivity index (χ3n) is 9.14. The highest BCUT2D eigenvalue weighted by atomic mass is 16.5. The highest BCUT2D eigenvalue weighted by Gasteiger charge is 2.40. The number of para-hydroxylation sites is 1. The van der Waals surface area contributed by atoms with Gasteiger partial charge in [-0.2, -0.15) is 0 Å². The first-order valence-electron chi connectivity index (χ1n) is 15.2. The van der Waals surface area contributed by atoms with Gasteiger partial charge in [0.2, 0.25) is 0 Å². The number of carbonyl (C=O) groups is 3. The summed E-state index contributed by atoms with van der Waals surface area (Å²) in [4.78, 5) is 60.5. The largest absolute Gasteiger partial charge is 0.466 e. The van der Waals surface area contributed by atoms with Crippen molar-refractivity contribution in [3.8, 4) is 11.4 Å². The SMILES string of the molecule is CCC1(O)CC(=O)OCc2c1cc1n(c2=O)Cc2c-1nc1ccccc1c2C=Nc1ccc(C2NC(=O)NC(C)=C2C(=O)OC)cc1. The van der Waals surface area contributed by atoms with Crippen molar-refractivity contribution in [3.63, 3.8) is 0 Å². The van der Waals surface area contributed by atoms with Gasteiger partial charge in [0.1, 0.15) is 12.2 Å². The number of carbonyl (C=O) groups excluding carboxylic acids is 3. The summed E-state index contributed by atoms with van der Waals surface area (Å²) in [5.41, 5.74) is 4.30. The number of rotatable bonds is 5. The van der Waals surface area contributed by atoms with Gasteiger partial charge in [-0.15, -0.1) is 0 Å². The molecule has 47 heavy (non-hydrogen) atoms. The van der Waals surface area contributed by atoms with E-state index < -0.39 is 29.6 Å². The molecule has 7 rings (SSSR count). The fourth-order valence-corrected chi connectivity index (χ4v) is 6.62. The predicted octanol–water partition coefficient (Wildman–Crippen LogP) is 4.02. The molecule has 2 aromatic heterocycles. The van der Waals surface area contributed by atoms with E-state index in [1.807, 2.05) is 24.3 Å². The molecule has 0 aliphatic carbocycles. The highest BCUT2D eigenvalue weighted by molar-refractivity contribution is 6.03. The molecule has 3 aliphatic rings. The maximum atomic E-state index is 13.8. The van der Waals surface area contributed by atoms with Crippen molar-refractivity contribution in [2.24, 2.45) is 4.99 Å². The monoisotopic (exact) mass is 633 g/mol. The summed E-state index contributed by atoms with van der Waals surface area (Å²) in [7, 11) is 1.29. The van der Waals surface area contributed by atoms with E-state index in [-0.39, 0.29) is 37.1 Å². The molecule has 0 bridgehead atoms. The van der Waals surface area contributed by atoms with Crippen LogP contribution in [0.3, 0.4) is 0 Å². The number of aliphatic hydroxyl groups is 1. The highest BCUT2D eigenvalue weighted by Crippen LogP contribution is 2.40. The normalized spacial score (nSPS) is 20.2. The number of urea groups is 1. The summed E-state index contributed by atoms with van der Waals surface area (Å²) in [6.07, 6.45) is 1.74. The van der Waals surface area contributed by atoms with Crippen molar-refractivity contribution in [1.29, 1.82) is 0 Å². The van der Waals surface area contributed by atoms with Crippen molar-refractivity contribution in [1.82, 2.24) is 20.2 Å². The van der Waals surface area contributed by atoms with Crippen LogP contribution >= 0.6 is 0 Å². The van der Waals surface area contributed by atoms with Gasteiger partial charge in [-0.05, 0) is 48.7 Å². The number of hydrogen-bond donors (Lipinski definition) is 3. The molecular weight excluding hydrogens is 602 g/mol. The van der Waals surface area contributed by atoms with Crippen LogP contribution in [0.5, 0.6) is 0 Å². The Hall–Kier alpha value is -5.62. The van der Waals surface area contributed by atoms with Crippen LogP contribution in [0.4, 0.5) is 10.5 Å². The summed E-state index contributed by atoms with van der Waals surface area (Å²) in [5.74, 6) is -1.10. The van der Waals surface area contributed by atoms with Crippen molar-refractivity contribution < 1.29 is 29.0 Å². The second kappa shape index (κ2) is 11.3. The Bertz CT molecular complexity index is 2130. The summed E-state index contributed by atoms with van der Waals surface area (Å²) in [5, 5.41) is 17.7. The molecule has 12 nitrogen and oxygen atoms in total.